The van der Waals surface area contributed by atoms with E-state index < -0.39 is 5.60 Å². The van der Waals surface area contributed by atoms with Gasteiger partial charge in [-0.15, -0.1) is 11.3 Å². The predicted octanol–water partition coefficient (Wildman–Crippen LogP) is 2.95. The van der Waals surface area contributed by atoms with Crippen LogP contribution in [0.5, 0.6) is 0 Å². The van der Waals surface area contributed by atoms with Crippen LogP contribution in [0.1, 0.15) is 31.7 Å². The average molecular weight is 459 g/mol. The molecular weight excluding hydrogens is 428 g/mol. The predicted molar refractivity (Wildman–Crippen MR) is 126 cm³/mol. The number of aryl methyl sites for hydroxylation is 2. The number of aliphatic hydroxyl groups is 1. The van der Waals surface area contributed by atoms with Gasteiger partial charge in [-0.2, -0.15) is 4.98 Å². The van der Waals surface area contributed by atoms with E-state index in [9.17, 15) is 5.11 Å². The Morgan fingerprint density at radius 3 is 2.47 bits per heavy atom. The molecule has 0 unspecified atom stereocenters. The molecule has 0 amide bonds. The van der Waals surface area contributed by atoms with Crippen molar-refractivity contribution in [3.8, 4) is 10.6 Å². The SMILES string of the molecule is CO[C@@H]1[C@H](OC)[C@@H](C(C)(C)O)C[C@H]1Nc1nc(N)nc(C)c1-c1nc2c(C)nccc2s1. The molecule has 1 aliphatic carbocycles. The van der Waals surface area contributed by atoms with Crippen LogP contribution >= 0.6 is 11.3 Å². The molecule has 4 atom stereocenters. The van der Waals surface area contributed by atoms with Gasteiger partial charge in [-0.1, -0.05) is 0 Å². The van der Waals surface area contributed by atoms with E-state index in [0.717, 1.165) is 32.2 Å². The first-order valence-corrected chi connectivity index (χ1v) is 11.4. The number of hydrogen-bond donors (Lipinski definition) is 3. The Morgan fingerprint density at radius 1 is 1.12 bits per heavy atom. The molecular formula is C22H30N6O3S. The van der Waals surface area contributed by atoms with E-state index in [1.54, 1.807) is 45.6 Å². The molecule has 4 rings (SSSR count). The van der Waals surface area contributed by atoms with Crippen molar-refractivity contribution in [3.63, 3.8) is 0 Å². The van der Waals surface area contributed by atoms with Gasteiger partial charge in [0.15, 0.2) is 0 Å². The first kappa shape index (κ1) is 22.8. The third kappa shape index (κ3) is 4.03. The highest BCUT2D eigenvalue weighted by Crippen LogP contribution is 2.41. The summed E-state index contributed by atoms with van der Waals surface area (Å²) in [5.74, 6) is 0.662. The molecule has 0 bridgehead atoms. The molecule has 0 saturated heterocycles. The Labute approximate surface area is 191 Å². The van der Waals surface area contributed by atoms with Crippen molar-refractivity contribution < 1.29 is 14.6 Å². The number of hydrogen-bond acceptors (Lipinski definition) is 10. The third-order valence-corrected chi connectivity index (χ3v) is 7.25. The van der Waals surface area contributed by atoms with Crippen molar-refractivity contribution in [3.05, 3.63) is 23.7 Å². The number of nitrogen functional groups attached to an aromatic ring is 1. The van der Waals surface area contributed by atoms with Gasteiger partial charge in [-0.3, -0.25) is 4.98 Å². The molecule has 0 radical (unpaired) electrons. The number of fused-ring (bicyclic) bond motifs is 1. The van der Waals surface area contributed by atoms with Gasteiger partial charge in [0, 0.05) is 26.3 Å². The minimum atomic E-state index is -0.922. The second-order valence-electron chi connectivity index (χ2n) is 8.80. The Bertz CT molecular complexity index is 1130. The first-order chi connectivity index (χ1) is 15.1. The normalized spacial score (nSPS) is 23.7. The lowest BCUT2D eigenvalue weighted by atomic mass is 9.87. The van der Waals surface area contributed by atoms with Crippen LogP contribution in [0.3, 0.4) is 0 Å². The number of thiazole rings is 1. The van der Waals surface area contributed by atoms with Crippen molar-refractivity contribution in [2.24, 2.45) is 5.92 Å². The Kier molecular flexibility index (Phi) is 6.06. The molecule has 4 N–H and O–H groups in total. The number of methoxy groups -OCH3 is 2. The average Bonchev–Trinajstić information content (AvgIpc) is 3.29. The molecule has 10 heteroatoms. The number of nitrogens with zero attached hydrogens (tertiary/aromatic N) is 4. The van der Waals surface area contributed by atoms with Crippen molar-refractivity contribution >= 4 is 33.3 Å². The number of nitrogens with two attached hydrogens (primary N) is 1. The lowest BCUT2D eigenvalue weighted by Crippen LogP contribution is -2.42. The number of aromatic nitrogens is 4. The fraction of sp³-hybridized carbons (Fsp3) is 0.545. The minimum Gasteiger partial charge on any atom is -0.390 e. The number of anilines is 2. The largest absolute Gasteiger partial charge is 0.390 e. The van der Waals surface area contributed by atoms with Gasteiger partial charge in [0.05, 0.1) is 39.4 Å². The second-order valence-corrected chi connectivity index (χ2v) is 9.83. The summed E-state index contributed by atoms with van der Waals surface area (Å²) in [6, 6.07) is 1.81. The van der Waals surface area contributed by atoms with E-state index >= 15 is 0 Å². The van der Waals surface area contributed by atoms with Crippen LogP contribution in [0.2, 0.25) is 0 Å². The Morgan fingerprint density at radius 2 is 1.84 bits per heavy atom. The van der Waals surface area contributed by atoms with E-state index in [0.29, 0.717) is 12.2 Å². The van der Waals surface area contributed by atoms with Crippen LogP contribution in [0.15, 0.2) is 12.3 Å². The van der Waals surface area contributed by atoms with E-state index in [4.69, 9.17) is 20.2 Å². The van der Waals surface area contributed by atoms with E-state index in [2.05, 4.69) is 20.3 Å². The van der Waals surface area contributed by atoms with Gasteiger partial charge in [-0.05, 0) is 40.2 Å². The highest BCUT2D eigenvalue weighted by Gasteiger charge is 2.50. The van der Waals surface area contributed by atoms with Crippen molar-refractivity contribution in [2.75, 3.05) is 25.3 Å². The van der Waals surface area contributed by atoms with Gasteiger partial charge < -0.3 is 25.6 Å². The first-order valence-electron chi connectivity index (χ1n) is 10.5. The van der Waals surface area contributed by atoms with E-state index in [1.165, 1.54) is 0 Å². The highest BCUT2D eigenvalue weighted by atomic mass is 32.1. The zero-order valence-corrected chi connectivity index (χ0v) is 20.0. The van der Waals surface area contributed by atoms with Gasteiger partial charge in [0.25, 0.3) is 0 Å². The van der Waals surface area contributed by atoms with Gasteiger partial charge in [0.2, 0.25) is 5.95 Å². The zero-order chi connectivity index (χ0) is 23.2. The molecule has 1 fully saturated rings. The van der Waals surface area contributed by atoms with Crippen LogP contribution in [-0.4, -0.2) is 63.1 Å². The van der Waals surface area contributed by atoms with Crippen LogP contribution in [0.25, 0.3) is 20.8 Å². The van der Waals surface area contributed by atoms with Crippen LogP contribution in [0.4, 0.5) is 11.8 Å². The molecule has 9 nitrogen and oxygen atoms in total. The molecule has 32 heavy (non-hydrogen) atoms. The van der Waals surface area contributed by atoms with E-state index in [1.807, 2.05) is 19.9 Å². The monoisotopic (exact) mass is 458 g/mol. The number of pyridine rings is 1. The van der Waals surface area contributed by atoms with Crippen molar-refractivity contribution in [2.45, 2.75) is 58.0 Å². The zero-order valence-electron chi connectivity index (χ0n) is 19.2. The van der Waals surface area contributed by atoms with Gasteiger partial charge in [-0.25, -0.2) is 9.97 Å². The van der Waals surface area contributed by atoms with Crippen LogP contribution in [0, 0.1) is 19.8 Å². The molecule has 1 aliphatic rings. The highest BCUT2D eigenvalue weighted by molar-refractivity contribution is 7.21. The van der Waals surface area contributed by atoms with Gasteiger partial charge in [0.1, 0.15) is 22.4 Å². The molecule has 1 saturated carbocycles. The van der Waals surface area contributed by atoms with Crippen molar-refractivity contribution in [1.82, 2.24) is 19.9 Å². The van der Waals surface area contributed by atoms with Gasteiger partial charge >= 0.3 is 0 Å². The summed E-state index contributed by atoms with van der Waals surface area (Å²) < 4.78 is 12.6. The fourth-order valence-corrected chi connectivity index (χ4v) is 5.76. The fourth-order valence-electron chi connectivity index (χ4n) is 4.65. The maximum atomic E-state index is 10.7. The topological polar surface area (TPSA) is 128 Å². The number of nitrogens with one attached hydrogen (secondary N) is 1. The maximum absolute atomic E-state index is 10.7. The molecule has 172 valence electrons. The molecule has 3 heterocycles. The Balaban J connectivity index is 1.76. The Hall–Kier alpha value is -2.40. The summed E-state index contributed by atoms with van der Waals surface area (Å²) in [6.45, 7) is 7.44. The molecule has 0 aliphatic heterocycles. The van der Waals surface area contributed by atoms with Crippen LogP contribution in [-0.2, 0) is 9.47 Å². The molecule has 0 spiro atoms. The van der Waals surface area contributed by atoms with Crippen LogP contribution < -0.4 is 11.1 Å². The lowest BCUT2D eigenvalue weighted by molar-refractivity contribution is -0.0871. The van der Waals surface area contributed by atoms with Crippen molar-refractivity contribution in [1.29, 1.82) is 0 Å². The summed E-state index contributed by atoms with van der Waals surface area (Å²) in [6.07, 6.45) is 1.89. The lowest BCUT2D eigenvalue weighted by Gasteiger charge is -2.31. The minimum absolute atomic E-state index is 0.116. The quantitative estimate of drug-likeness (QED) is 0.510. The standard InChI is InChI=1S/C22H30N6O3S/c1-10-15(20-27-16-11(2)24-8-7-14(16)32-20)19(28-21(23)25-10)26-13-9-12(22(3,4)29)17(30-5)18(13)31-6/h7-8,12-13,17-18,29H,9H2,1-6H3,(H3,23,25,26,28)/t12-,13+,17+,18-/m0/s1. The van der Waals surface area contributed by atoms with E-state index in [-0.39, 0.29) is 30.1 Å². The molecule has 3 aromatic heterocycles. The number of ether oxygens (including phenoxy) is 2. The maximum Gasteiger partial charge on any atom is 0.222 e. The smallest absolute Gasteiger partial charge is 0.222 e. The summed E-state index contributed by atoms with van der Waals surface area (Å²) in [7, 11) is 3.30. The summed E-state index contributed by atoms with van der Waals surface area (Å²) in [4.78, 5) is 18.1. The second kappa shape index (κ2) is 8.51. The summed E-state index contributed by atoms with van der Waals surface area (Å²) in [5.41, 5.74) is 8.37. The summed E-state index contributed by atoms with van der Waals surface area (Å²) in [5, 5.41) is 15.0. The number of rotatable bonds is 6. The molecule has 3 aromatic rings. The summed E-state index contributed by atoms with van der Waals surface area (Å²) >= 11 is 1.57. The molecule has 0 aromatic carbocycles. The third-order valence-electron chi connectivity index (χ3n) is 6.21.